The van der Waals surface area contributed by atoms with Gasteiger partial charge < -0.3 is 10.3 Å². The van der Waals surface area contributed by atoms with Crippen LogP contribution in [0.4, 0.5) is 0 Å². The number of hydrogen-bond acceptors (Lipinski definition) is 3. The second-order valence-corrected chi connectivity index (χ2v) is 5.68. The monoisotopic (exact) mass is 277 g/mol. The molecular weight excluding hydrogens is 254 g/mol. The molecule has 0 saturated carbocycles. The van der Waals surface area contributed by atoms with Gasteiger partial charge in [-0.15, -0.1) is 0 Å². The van der Waals surface area contributed by atoms with Crippen LogP contribution in [0, 0.1) is 0 Å². The fraction of sp³-hybridized carbons (Fsp3) is 0.600. The number of amides is 1. The molecule has 2 heterocycles. The first-order valence-electron chi connectivity index (χ1n) is 7.22. The van der Waals surface area contributed by atoms with Crippen LogP contribution in [-0.4, -0.2) is 33.9 Å². The Morgan fingerprint density at radius 3 is 2.60 bits per heavy atom. The fourth-order valence-electron chi connectivity index (χ4n) is 3.00. The van der Waals surface area contributed by atoms with Crippen LogP contribution < -0.4 is 10.9 Å². The van der Waals surface area contributed by atoms with Gasteiger partial charge in [0.1, 0.15) is 0 Å². The van der Waals surface area contributed by atoms with Crippen LogP contribution in [0.15, 0.2) is 23.1 Å². The highest BCUT2D eigenvalue weighted by atomic mass is 16.2. The van der Waals surface area contributed by atoms with Crippen LogP contribution >= 0.6 is 0 Å². The zero-order valence-electron chi connectivity index (χ0n) is 12.3. The number of aromatic amines is 1. The van der Waals surface area contributed by atoms with E-state index >= 15 is 0 Å². The van der Waals surface area contributed by atoms with Crippen LogP contribution in [0.1, 0.15) is 39.2 Å². The van der Waals surface area contributed by atoms with E-state index in [1.165, 1.54) is 6.07 Å². The summed E-state index contributed by atoms with van der Waals surface area (Å²) in [7, 11) is 0. The summed E-state index contributed by atoms with van der Waals surface area (Å²) in [5.41, 5.74) is 0.765. The maximum Gasteiger partial charge on any atom is 0.247 e. The van der Waals surface area contributed by atoms with Crippen molar-refractivity contribution in [1.82, 2.24) is 15.2 Å². The average Bonchev–Trinajstić information content (AvgIpc) is 2.76. The summed E-state index contributed by atoms with van der Waals surface area (Å²) in [6.45, 7) is 6.75. The van der Waals surface area contributed by atoms with E-state index in [1.54, 1.807) is 12.3 Å². The molecule has 1 aliphatic heterocycles. The lowest BCUT2D eigenvalue weighted by Crippen LogP contribution is -2.48. The molecule has 0 aliphatic carbocycles. The molecule has 5 nitrogen and oxygen atoms in total. The Hall–Kier alpha value is -1.62. The molecule has 0 aromatic carbocycles. The molecule has 1 aliphatic rings. The summed E-state index contributed by atoms with van der Waals surface area (Å²) in [5, 5.41) is 2.93. The van der Waals surface area contributed by atoms with Crippen molar-refractivity contribution in [3.8, 4) is 0 Å². The van der Waals surface area contributed by atoms with Crippen molar-refractivity contribution in [3.05, 3.63) is 34.2 Å². The van der Waals surface area contributed by atoms with Crippen molar-refractivity contribution >= 4 is 5.91 Å². The van der Waals surface area contributed by atoms with Gasteiger partial charge in [0.25, 0.3) is 0 Å². The molecule has 110 valence electrons. The smallest absolute Gasteiger partial charge is 0.247 e. The van der Waals surface area contributed by atoms with E-state index in [9.17, 15) is 9.59 Å². The highest BCUT2D eigenvalue weighted by Crippen LogP contribution is 2.25. The van der Waals surface area contributed by atoms with Gasteiger partial charge in [0, 0.05) is 30.9 Å². The van der Waals surface area contributed by atoms with Crippen molar-refractivity contribution in [2.45, 2.75) is 58.3 Å². The lowest BCUT2D eigenvalue weighted by Gasteiger charge is -2.31. The Bertz CT molecular complexity index is 496. The Balaban J connectivity index is 1.91. The van der Waals surface area contributed by atoms with E-state index in [0.29, 0.717) is 18.6 Å². The standard InChI is InChI=1S/C15H23N3O2/c1-10-4-5-11(2)18(10)12(3)15(20)17-9-13-6-7-14(19)16-8-13/h6-8,10-12H,4-5,9H2,1-3H3,(H,16,19)(H,17,20). The summed E-state index contributed by atoms with van der Waals surface area (Å²) in [5.74, 6) is 0.0387. The van der Waals surface area contributed by atoms with Crippen LogP contribution in [0.5, 0.6) is 0 Å². The Labute approximate surface area is 119 Å². The molecule has 0 spiro atoms. The Morgan fingerprint density at radius 2 is 2.05 bits per heavy atom. The highest BCUT2D eigenvalue weighted by molar-refractivity contribution is 5.81. The molecule has 5 heteroatoms. The third-order valence-corrected chi connectivity index (χ3v) is 4.16. The number of rotatable bonds is 4. The lowest BCUT2D eigenvalue weighted by molar-refractivity contribution is -0.127. The van der Waals surface area contributed by atoms with Gasteiger partial charge in [-0.1, -0.05) is 6.07 Å². The van der Waals surface area contributed by atoms with E-state index in [1.807, 2.05) is 6.92 Å². The van der Waals surface area contributed by atoms with Gasteiger partial charge >= 0.3 is 0 Å². The van der Waals surface area contributed by atoms with Gasteiger partial charge in [-0.3, -0.25) is 14.5 Å². The number of nitrogens with one attached hydrogen (secondary N) is 2. The SMILES string of the molecule is CC1CCC(C)N1C(C)C(=O)NCc1ccc(=O)[nH]c1. The van der Waals surface area contributed by atoms with Gasteiger partial charge in [0.2, 0.25) is 11.5 Å². The zero-order valence-corrected chi connectivity index (χ0v) is 12.3. The minimum absolute atomic E-state index is 0.0387. The Morgan fingerprint density at radius 1 is 1.40 bits per heavy atom. The second kappa shape index (κ2) is 6.22. The molecule has 2 rings (SSSR count). The van der Waals surface area contributed by atoms with E-state index in [0.717, 1.165) is 18.4 Å². The quantitative estimate of drug-likeness (QED) is 0.870. The van der Waals surface area contributed by atoms with Crippen molar-refractivity contribution in [2.24, 2.45) is 0 Å². The minimum Gasteiger partial charge on any atom is -0.351 e. The molecule has 0 bridgehead atoms. The van der Waals surface area contributed by atoms with Crippen LogP contribution in [0.3, 0.4) is 0 Å². The second-order valence-electron chi connectivity index (χ2n) is 5.68. The fourth-order valence-corrected chi connectivity index (χ4v) is 3.00. The summed E-state index contributed by atoms with van der Waals surface area (Å²) >= 11 is 0. The van der Waals surface area contributed by atoms with E-state index in [2.05, 4.69) is 29.0 Å². The number of carbonyl (C=O) groups is 1. The molecule has 3 atom stereocenters. The largest absolute Gasteiger partial charge is 0.351 e. The van der Waals surface area contributed by atoms with Gasteiger partial charge in [-0.2, -0.15) is 0 Å². The maximum absolute atomic E-state index is 12.2. The highest BCUT2D eigenvalue weighted by Gasteiger charge is 2.34. The van der Waals surface area contributed by atoms with Gasteiger partial charge in [0.15, 0.2) is 0 Å². The predicted octanol–water partition coefficient (Wildman–Crippen LogP) is 1.25. The predicted molar refractivity (Wildman–Crippen MR) is 78.4 cm³/mol. The molecule has 1 amide bonds. The molecule has 1 aromatic rings. The molecular formula is C15H23N3O2. The molecule has 1 aromatic heterocycles. The third kappa shape index (κ3) is 3.28. The number of pyridine rings is 1. The summed E-state index contributed by atoms with van der Waals surface area (Å²) in [4.78, 5) is 28.1. The lowest BCUT2D eigenvalue weighted by atomic mass is 10.2. The number of nitrogens with zero attached hydrogens (tertiary/aromatic N) is 1. The van der Waals surface area contributed by atoms with Crippen LogP contribution in [0.2, 0.25) is 0 Å². The van der Waals surface area contributed by atoms with Crippen LogP contribution in [0.25, 0.3) is 0 Å². The van der Waals surface area contributed by atoms with Crippen molar-refractivity contribution in [2.75, 3.05) is 0 Å². The van der Waals surface area contributed by atoms with Gasteiger partial charge in [0.05, 0.1) is 6.04 Å². The summed E-state index contributed by atoms with van der Waals surface area (Å²) in [6, 6.07) is 3.99. The molecule has 0 radical (unpaired) electrons. The normalized spacial score (nSPS) is 24.6. The Kier molecular flexibility index (Phi) is 4.60. The number of hydrogen-bond donors (Lipinski definition) is 2. The minimum atomic E-state index is -0.131. The number of likely N-dealkylation sites (tertiary alicyclic amines) is 1. The molecule has 2 N–H and O–H groups in total. The van der Waals surface area contributed by atoms with Crippen molar-refractivity contribution < 1.29 is 4.79 Å². The van der Waals surface area contributed by atoms with E-state index in [4.69, 9.17) is 0 Å². The van der Waals surface area contributed by atoms with Crippen LogP contribution in [-0.2, 0) is 11.3 Å². The number of carbonyl (C=O) groups excluding carboxylic acids is 1. The van der Waals surface area contributed by atoms with Gasteiger partial charge in [-0.05, 0) is 39.2 Å². The first kappa shape index (κ1) is 14.8. The first-order valence-corrected chi connectivity index (χ1v) is 7.22. The molecule has 1 fully saturated rings. The average molecular weight is 277 g/mol. The summed E-state index contributed by atoms with van der Waals surface area (Å²) in [6.07, 6.45) is 3.94. The van der Waals surface area contributed by atoms with Crippen molar-refractivity contribution in [3.63, 3.8) is 0 Å². The maximum atomic E-state index is 12.2. The molecule has 1 saturated heterocycles. The van der Waals surface area contributed by atoms with E-state index < -0.39 is 0 Å². The summed E-state index contributed by atoms with van der Waals surface area (Å²) < 4.78 is 0. The first-order chi connectivity index (χ1) is 9.49. The number of aromatic nitrogens is 1. The van der Waals surface area contributed by atoms with Crippen molar-refractivity contribution in [1.29, 1.82) is 0 Å². The zero-order chi connectivity index (χ0) is 14.7. The third-order valence-electron chi connectivity index (χ3n) is 4.16. The van der Waals surface area contributed by atoms with Gasteiger partial charge in [-0.25, -0.2) is 0 Å². The molecule has 3 unspecified atom stereocenters. The van der Waals surface area contributed by atoms with E-state index in [-0.39, 0.29) is 17.5 Å². The molecule has 20 heavy (non-hydrogen) atoms. The number of H-pyrrole nitrogens is 1. The topological polar surface area (TPSA) is 65.2 Å².